The van der Waals surface area contributed by atoms with E-state index in [4.69, 9.17) is 4.43 Å². The fourth-order valence-corrected chi connectivity index (χ4v) is 3.97. The van der Waals surface area contributed by atoms with Gasteiger partial charge in [-0.2, -0.15) is 0 Å². The van der Waals surface area contributed by atoms with E-state index in [2.05, 4.69) is 24.4 Å². The Hall–Kier alpha value is -1.47. The van der Waals surface area contributed by atoms with Gasteiger partial charge in [0.1, 0.15) is 0 Å². The first-order chi connectivity index (χ1) is 10.8. The molecule has 23 heavy (non-hydrogen) atoms. The Balaban J connectivity index is 2.24. The van der Waals surface area contributed by atoms with Crippen LogP contribution >= 0.6 is 0 Å². The van der Waals surface area contributed by atoms with E-state index >= 15 is 0 Å². The predicted molar refractivity (Wildman–Crippen MR) is 95.2 cm³/mol. The summed E-state index contributed by atoms with van der Waals surface area (Å²) < 4.78 is 33.9. The molecule has 0 fully saturated rings. The van der Waals surface area contributed by atoms with E-state index in [1.807, 2.05) is 30.3 Å². The fourth-order valence-electron chi connectivity index (χ4n) is 2.07. The summed E-state index contributed by atoms with van der Waals surface area (Å²) in [6.07, 6.45) is 0. The SMILES string of the molecule is C[Si](C)(C)OCC(NS(=O)(=O)c1ccccc1)c1ccccc1. The van der Waals surface area contributed by atoms with E-state index < -0.39 is 24.4 Å². The number of sulfonamides is 1. The van der Waals surface area contributed by atoms with Gasteiger partial charge in [-0.1, -0.05) is 48.5 Å². The molecule has 1 atom stereocenters. The fraction of sp³-hybridized carbons (Fsp3) is 0.294. The first kappa shape index (κ1) is 17.9. The highest BCUT2D eigenvalue weighted by Crippen LogP contribution is 2.19. The number of benzene rings is 2. The molecular weight excluding hydrogens is 326 g/mol. The van der Waals surface area contributed by atoms with E-state index in [1.54, 1.807) is 30.3 Å². The number of hydrogen-bond donors (Lipinski definition) is 1. The number of nitrogens with one attached hydrogen (secondary N) is 1. The van der Waals surface area contributed by atoms with Gasteiger partial charge >= 0.3 is 0 Å². The summed E-state index contributed by atoms with van der Waals surface area (Å²) in [5.41, 5.74) is 0.894. The molecule has 6 heteroatoms. The number of hydrogen-bond acceptors (Lipinski definition) is 3. The molecular formula is C17H23NO3SSi. The first-order valence-corrected chi connectivity index (χ1v) is 12.4. The van der Waals surface area contributed by atoms with Crippen LogP contribution in [0.5, 0.6) is 0 Å². The van der Waals surface area contributed by atoms with Gasteiger partial charge in [-0.3, -0.25) is 0 Å². The summed E-state index contributed by atoms with van der Waals surface area (Å²) in [5, 5.41) is 0. The first-order valence-electron chi connectivity index (χ1n) is 7.54. The molecule has 0 saturated heterocycles. The van der Waals surface area contributed by atoms with Gasteiger partial charge in [0.05, 0.1) is 17.5 Å². The molecule has 1 N–H and O–H groups in total. The summed E-state index contributed by atoms with van der Waals surface area (Å²) in [6, 6.07) is 17.5. The smallest absolute Gasteiger partial charge is 0.241 e. The summed E-state index contributed by atoms with van der Waals surface area (Å²) in [6.45, 7) is 6.58. The van der Waals surface area contributed by atoms with Gasteiger partial charge in [0.15, 0.2) is 8.32 Å². The van der Waals surface area contributed by atoms with E-state index in [9.17, 15) is 8.42 Å². The van der Waals surface area contributed by atoms with Gasteiger partial charge in [0.2, 0.25) is 10.0 Å². The van der Waals surface area contributed by atoms with E-state index in [0.29, 0.717) is 6.61 Å². The topological polar surface area (TPSA) is 55.4 Å². The van der Waals surface area contributed by atoms with Crippen molar-refractivity contribution in [2.45, 2.75) is 30.6 Å². The minimum absolute atomic E-state index is 0.258. The third-order valence-electron chi connectivity index (χ3n) is 3.24. The van der Waals surface area contributed by atoms with Gasteiger partial charge in [-0.15, -0.1) is 0 Å². The van der Waals surface area contributed by atoms with Crippen LogP contribution in [0.2, 0.25) is 19.6 Å². The van der Waals surface area contributed by atoms with Crippen LogP contribution in [0.25, 0.3) is 0 Å². The summed E-state index contributed by atoms with van der Waals surface area (Å²) in [7, 11) is -5.33. The second-order valence-electron chi connectivity index (χ2n) is 6.32. The van der Waals surface area contributed by atoms with Crippen molar-refractivity contribution in [3.63, 3.8) is 0 Å². The molecule has 0 aliphatic heterocycles. The van der Waals surface area contributed by atoms with Crippen LogP contribution in [-0.2, 0) is 14.4 Å². The lowest BCUT2D eigenvalue weighted by atomic mass is 10.1. The monoisotopic (exact) mass is 349 g/mol. The molecule has 2 aromatic rings. The van der Waals surface area contributed by atoms with Crippen LogP contribution in [0.3, 0.4) is 0 Å². The van der Waals surface area contributed by atoms with Crippen molar-refractivity contribution in [2.24, 2.45) is 0 Å². The van der Waals surface area contributed by atoms with Crippen LogP contribution in [0.1, 0.15) is 11.6 Å². The molecule has 0 bridgehead atoms. The highest BCUT2D eigenvalue weighted by molar-refractivity contribution is 7.89. The largest absolute Gasteiger partial charge is 0.416 e. The zero-order chi connectivity index (χ0) is 16.9. The molecule has 124 valence electrons. The lowest BCUT2D eigenvalue weighted by molar-refractivity contribution is 0.275. The molecule has 0 aliphatic carbocycles. The minimum Gasteiger partial charge on any atom is -0.416 e. The Morgan fingerprint density at radius 3 is 2.00 bits per heavy atom. The molecule has 0 amide bonds. The van der Waals surface area contributed by atoms with Gasteiger partial charge in [0, 0.05) is 0 Å². The zero-order valence-corrected chi connectivity index (χ0v) is 15.5. The van der Waals surface area contributed by atoms with E-state index in [1.165, 1.54) is 0 Å². The van der Waals surface area contributed by atoms with Crippen LogP contribution in [0.4, 0.5) is 0 Å². The number of rotatable bonds is 7. The van der Waals surface area contributed by atoms with Crippen molar-refractivity contribution in [3.8, 4) is 0 Å². The van der Waals surface area contributed by atoms with Crippen molar-refractivity contribution in [1.29, 1.82) is 0 Å². The standard InChI is InChI=1S/C17H23NO3SSi/c1-23(2,3)21-14-17(15-10-6-4-7-11-15)18-22(19,20)16-12-8-5-9-13-16/h4-13,17-18H,14H2,1-3H3. The summed E-state index contributed by atoms with van der Waals surface area (Å²) >= 11 is 0. The highest BCUT2D eigenvalue weighted by Gasteiger charge is 2.24. The average molecular weight is 350 g/mol. The van der Waals surface area contributed by atoms with Crippen LogP contribution in [-0.4, -0.2) is 23.3 Å². The Kier molecular flexibility index (Phi) is 5.75. The van der Waals surface area contributed by atoms with Crippen molar-refractivity contribution < 1.29 is 12.8 Å². The molecule has 2 rings (SSSR count). The quantitative estimate of drug-likeness (QED) is 0.778. The molecule has 0 aliphatic rings. The normalized spacial score (nSPS) is 13.7. The molecule has 0 spiro atoms. The second-order valence-corrected chi connectivity index (χ2v) is 12.5. The van der Waals surface area contributed by atoms with Crippen LogP contribution < -0.4 is 4.72 Å². The van der Waals surface area contributed by atoms with Crippen molar-refractivity contribution in [3.05, 3.63) is 66.2 Å². The maximum Gasteiger partial charge on any atom is 0.241 e. The summed E-state index contributed by atoms with van der Waals surface area (Å²) in [5.74, 6) is 0. The van der Waals surface area contributed by atoms with Crippen LogP contribution in [0, 0.1) is 0 Å². The van der Waals surface area contributed by atoms with Gasteiger partial charge in [-0.25, -0.2) is 13.1 Å². The van der Waals surface area contributed by atoms with Gasteiger partial charge < -0.3 is 4.43 Å². The van der Waals surface area contributed by atoms with Crippen molar-refractivity contribution in [2.75, 3.05) is 6.61 Å². The summed E-state index contributed by atoms with van der Waals surface area (Å²) in [4.78, 5) is 0.258. The molecule has 2 aromatic carbocycles. The van der Waals surface area contributed by atoms with Crippen LogP contribution in [0.15, 0.2) is 65.6 Å². The Labute approximate surface area is 139 Å². The third kappa shape index (κ3) is 5.58. The van der Waals surface area contributed by atoms with E-state index in [0.717, 1.165) is 5.56 Å². The highest BCUT2D eigenvalue weighted by atomic mass is 32.2. The molecule has 1 unspecified atom stereocenters. The van der Waals surface area contributed by atoms with E-state index in [-0.39, 0.29) is 4.90 Å². The molecule has 0 heterocycles. The predicted octanol–water partition coefficient (Wildman–Crippen LogP) is 3.56. The van der Waals surface area contributed by atoms with Gasteiger partial charge in [-0.05, 0) is 37.3 Å². The average Bonchev–Trinajstić information content (AvgIpc) is 2.52. The lowest BCUT2D eigenvalue weighted by Crippen LogP contribution is -2.35. The maximum absolute atomic E-state index is 12.6. The molecule has 4 nitrogen and oxygen atoms in total. The lowest BCUT2D eigenvalue weighted by Gasteiger charge is -2.24. The molecule has 0 saturated carbocycles. The Morgan fingerprint density at radius 2 is 1.48 bits per heavy atom. The maximum atomic E-state index is 12.6. The second kappa shape index (κ2) is 7.40. The molecule has 0 radical (unpaired) electrons. The minimum atomic E-state index is -3.59. The Morgan fingerprint density at radius 1 is 0.957 bits per heavy atom. The Bertz CT molecular complexity index is 713. The van der Waals surface area contributed by atoms with Gasteiger partial charge in [0.25, 0.3) is 0 Å². The zero-order valence-electron chi connectivity index (χ0n) is 13.7. The van der Waals surface area contributed by atoms with Crippen molar-refractivity contribution in [1.82, 2.24) is 4.72 Å². The molecule has 0 aromatic heterocycles. The van der Waals surface area contributed by atoms with Crippen molar-refractivity contribution >= 4 is 18.3 Å². The third-order valence-corrected chi connectivity index (χ3v) is 5.76.